The first-order chi connectivity index (χ1) is 5.54. The van der Waals surface area contributed by atoms with Gasteiger partial charge in [-0.1, -0.05) is 6.08 Å². The molecule has 68 valence electrons. The number of likely N-dealkylation sites (N-methyl/N-ethyl adjacent to an activating group) is 1. The van der Waals surface area contributed by atoms with Crippen molar-refractivity contribution in [3.8, 4) is 0 Å². The monoisotopic (exact) mass is 167 g/mol. The minimum atomic E-state index is 0.117. The van der Waals surface area contributed by atoms with Crippen molar-refractivity contribution in [1.82, 2.24) is 4.90 Å². The van der Waals surface area contributed by atoms with Crippen LogP contribution in [-0.4, -0.2) is 29.8 Å². The molecule has 0 unspecified atom stereocenters. The third-order valence-electron chi connectivity index (χ3n) is 2.73. The van der Waals surface area contributed by atoms with Crippen LogP contribution in [0.15, 0.2) is 12.2 Å². The van der Waals surface area contributed by atoms with E-state index in [1.165, 1.54) is 6.42 Å². The SMILES string of the molecule is CC(=O)/C=C/[C@@]1(C)CCCN1C. The second-order valence-electron chi connectivity index (χ2n) is 3.83. The Morgan fingerprint density at radius 1 is 1.58 bits per heavy atom. The molecule has 1 fully saturated rings. The highest BCUT2D eigenvalue weighted by molar-refractivity contribution is 5.87. The molecule has 0 saturated carbocycles. The first kappa shape index (κ1) is 9.46. The highest BCUT2D eigenvalue weighted by Gasteiger charge is 2.30. The summed E-state index contributed by atoms with van der Waals surface area (Å²) in [6.07, 6.45) is 6.10. The third kappa shape index (κ3) is 1.95. The number of likely N-dealkylation sites (tertiary alicyclic amines) is 1. The van der Waals surface area contributed by atoms with E-state index in [1.54, 1.807) is 13.0 Å². The number of ketones is 1. The molecule has 0 aromatic heterocycles. The van der Waals surface area contributed by atoms with Crippen molar-refractivity contribution in [2.24, 2.45) is 0 Å². The summed E-state index contributed by atoms with van der Waals surface area (Å²) in [5.74, 6) is 0.136. The first-order valence-electron chi connectivity index (χ1n) is 4.46. The predicted octanol–water partition coefficient (Wildman–Crippen LogP) is 1.62. The van der Waals surface area contributed by atoms with Crippen LogP contribution in [0.3, 0.4) is 0 Å². The van der Waals surface area contributed by atoms with Gasteiger partial charge < -0.3 is 0 Å². The van der Waals surface area contributed by atoms with Gasteiger partial charge in [-0.15, -0.1) is 0 Å². The average Bonchev–Trinajstić information content (AvgIpc) is 2.30. The van der Waals surface area contributed by atoms with Crippen molar-refractivity contribution in [2.45, 2.75) is 32.2 Å². The fourth-order valence-electron chi connectivity index (χ4n) is 1.63. The van der Waals surface area contributed by atoms with Crippen molar-refractivity contribution in [3.05, 3.63) is 12.2 Å². The molecule has 12 heavy (non-hydrogen) atoms. The molecule has 1 aliphatic heterocycles. The lowest BCUT2D eigenvalue weighted by molar-refractivity contribution is -0.112. The lowest BCUT2D eigenvalue weighted by atomic mass is 9.98. The Bertz CT molecular complexity index is 210. The summed E-state index contributed by atoms with van der Waals surface area (Å²) >= 11 is 0. The number of carbonyl (C=O) groups is 1. The van der Waals surface area contributed by atoms with Crippen molar-refractivity contribution in [3.63, 3.8) is 0 Å². The maximum atomic E-state index is 10.7. The number of hydrogen-bond donors (Lipinski definition) is 0. The molecule has 2 heteroatoms. The van der Waals surface area contributed by atoms with E-state index in [0.29, 0.717) is 0 Å². The number of rotatable bonds is 2. The van der Waals surface area contributed by atoms with Crippen molar-refractivity contribution in [1.29, 1.82) is 0 Å². The van der Waals surface area contributed by atoms with Gasteiger partial charge in [-0.2, -0.15) is 0 Å². The minimum absolute atomic E-state index is 0.117. The largest absolute Gasteiger partial charge is 0.297 e. The zero-order valence-electron chi connectivity index (χ0n) is 8.13. The fourth-order valence-corrected chi connectivity index (χ4v) is 1.63. The van der Waals surface area contributed by atoms with Gasteiger partial charge in [0.2, 0.25) is 0 Å². The maximum Gasteiger partial charge on any atom is 0.152 e. The molecule has 1 atom stereocenters. The predicted molar refractivity (Wildman–Crippen MR) is 50.1 cm³/mol. The van der Waals surface area contributed by atoms with Crippen LogP contribution in [0.1, 0.15) is 26.7 Å². The van der Waals surface area contributed by atoms with E-state index >= 15 is 0 Å². The minimum Gasteiger partial charge on any atom is -0.297 e. The van der Waals surface area contributed by atoms with Gasteiger partial charge in [0, 0.05) is 5.54 Å². The molecule has 2 nitrogen and oxygen atoms in total. The normalized spacial score (nSPS) is 31.6. The van der Waals surface area contributed by atoms with Crippen LogP contribution in [-0.2, 0) is 4.79 Å². The molecule has 0 aromatic carbocycles. The summed E-state index contributed by atoms with van der Waals surface area (Å²) in [6.45, 7) is 4.91. The van der Waals surface area contributed by atoms with E-state index in [2.05, 4.69) is 18.9 Å². The number of hydrogen-bond acceptors (Lipinski definition) is 2. The third-order valence-corrected chi connectivity index (χ3v) is 2.73. The molecule has 1 heterocycles. The highest BCUT2D eigenvalue weighted by atomic mass is 16.1. The van der Waals surface area contributed by atoms with Gasteiger partial charge in [0.25, 0.3) is 0 Å². The standard InChI is InChI=1S/C10H17NO/c1-9(12)5-7-10(2)6-4-8-11(10)3/h5,7H,4,6,8H2,1-3H3/b7-5+/t10-/m1/s1. The molecule has 0 spiro atoms. The first-order valence-corrected chi connectivity index (χ1v) is 4.46. The smallest absolute Gasteiger partial charge is 0.152 e. The molecule has 0 aromatic rings. The molecule has 1 saturated heterocycles. The van der Waals surface area contributed by atoms with Crippen LogP contribution in [0, 0.1) is 0 Å². The maximum absolute atomic E-state index is 10.7. The Labute approximate surface area is 74.2 Å². The fraction of sp³-hybridized carbons (Fsp3) is 0.700. The quantitative estimate of drug-likeness (QED) is 0.582. The topological polar surface area (TPSA) is 20.3 Å². The second kappa shape index (κ2) is 3.40. The van der Waals surface area contributed by atoms with Gasteiger partial charge in [-0.25, -0.2) is 0 Å². The molecule has 0 bridgehead atoms. The molecule has 0 N–H and O–H groups in total. The zero-order chi connectivity index (χ0) is 9.19. The van der Waals surface area contributed by atoms with Gasteiger partial charge in [0.1, 0.15) is 0 Å². The Morgan fingerprint density at radius 3 is 2.67 bits per heavy atom. The van der Waals surface area contributed by atoms with Gasteiger partial charge >= 0.3 is 0 Å². The summed E-state index contributed by atoms with van der Waals surface area (Å²) < 4.78 is 0. The molecule has 0 aliphatic carbocycles. The van der Waals surface area contributed by atoms with Gasteiger partial charge in [-0.3, -0.25) is 9.69 Å². The van der Waals surface area contributed by atoms with E-state index < -0.39 is 0 Å². The summed E-state index contributed by atoms with van der Waals surface area (Å²) in [4.78, 5) is 13.0. The molecule has 1 rings (SSSR count). The lowest BCUT2D eigenvalue weighted by Gasteiger charge is -2.28. The van der Waals surface area contributed by atoms with Gasteiger partial charge in [0.05, 0.1) is 0 Å². The number of carbonyl (C=O) groups excluding carboxylic acids is 1. The van der Waals surface area contributed by atoms with Crippen LogP contribution in [0.25, 0.3) is 0 Å². The highest BCUT2D eigenvalue weighted by Crippen LogP contribution is 2.28. The molecular weight excluding hydrogens is 150 g/mol. The van der Waals surface area contributed by atoms with Crippen LogP contribution >= 0.6 is 0 Å². The van der Waals surface area contributed by atoms with Crippen molar-refractivity contribution < 1.29 is 4.79 Å². The van der Waals surface area contributed by atoms with E-state index in [9.17, 15) is 4.79 Å². The Kier molecular flexibility index (Phi) is 2.68. The van der Waals surface area contributed by atoms with Gasteiger partial charge in [0.15, 0.2) is 5.78 Å². The van der Waals surface area contributed by atoms with Crippen molar-refractivity contribution >= 4 is 5.78 Å². The number of allylic oxidation sites excluding steroid dienone is 1. The summed E-state index contributed by atoms with van der Waals surface area (Å²) in [5, 5.41) is 0. The van der Waals surface area contributed by atoms with E-state index in [1.807, 2.05) is 6.08 Å². The summed E-state index contributed by atoms with van der Waals surface area (Å²) in [7, 11) is 2.11. The van der Waals surface area contributed by atoms with Gasteiger partial charge in [-0.05, 0) is 46.4 Å². The molecule has 0 radical (unpaired) electrons. The van der Waals surface area contributed by atoms with Crippen LogP contribution < -0.4 is 0 Å². The van der Waals surface area contributed by atoms with Crippen LogP contribution in [0.4, 0.5) is 0 Å². The van der Waals surface area contributed by atoms with E-state index in [0.717, 1.165) is 13.0 Å². The summed E-state index contributed by atoms with van der Waals surface area (Å²) in [6, 6.07) is 0. The molecule has 1 aliphatic rings. The zero-order valence-corrected chi connectivity index (χ0v) is 8.13. The molecule has 0 amide bonds. The Morgan fingerprint density at radius 2 is 2.25 bits per heavy atom. The Hall–Kier alpha value is -0.630. The van der Waals surface area contributed by atoms with E-state index in [4.69, 9.17) is 0 Å². The van der Waals surface area contributed by atoms with Crippen LogP contribution in [0.5, 0.6) is 0 Å². The van der Waals surface area contributed by atoms with E-state index in [-0.39, 0.29) is 11.3 Å². The second-order valence-corrected chi connectivity index (χ2v) is 3.83. The molecular formula is C10H17NO. The average molecular weight is 167 g/mol. The Balaban J connectivity index is 2.65. The summed E-state index contributed by atoms with van der Waals surface area (Å²) in [5.41, 5.74) is 0.117. The lowest BCUT2D eigenvalue weighted by Crippen LogP contribution is -2.35. The van der Waals surface area contributed by atoms with Crippen molar-refractivity contribution in [2.75, 3.05) is 13.6 Å². The number of nitrogens with zero attached hydrogens (tertiary/aromatic N) is 1. The van der Waals surface area contributed by atoms with Crippen LogP contribution in [0.2, 0.25) is 0 Å².